The first kappa shape index (κ1) is 23.3. The fourth-order valence-corrected chi connectivity index (χ4v) is 4.19. The zero-order valence-corrected chi connectivity index (χ0v) is 18.9. The molecule has 170 valence electrons. The molecule has 8 heteroatoms. The second kappa shape index (κ2) is 10.3. The van der Waals surface area contributed by atoms with E-state index in [-0.39, 0.29) is 17.8 Å². The summed E-state index contributed by atoms with van der Waals surface area (Å²) in [4.78, 5) is 14.3. The van der Waals surface area contributed by atoms with Gasteiger partial charge in [-0.05, 0) is 57.9 Å². The Bertz CT molecular complexity index is 771. The van der Waals surface area contributed by atoms with E-state index in [0.29, 0.717) is 12.1 Å². The summed E-state index contributed by atoms with van der Waals surface area (Å²) in [6.07, 6.45) is 1.75. The van der Waals surface area contributed by atoms with Crippen molar-refractivity contribution in [2.45, 2.75) is 50.9 Å². The van der Waals surface area contributed by atoms with Gasteiger partial charge in [-0.2, -0.15) is 5.26 Å². The van der Waals surface area contributed by atoms with E-state index in [1.165, 1.54) is 0 Å². The van der Waals surface area contributed by atoms with Crippen LogP contribution in [0, 0.1) is 11.3 Å². The van der Waals surface area contributed by atoms with Crippen molar-refractivity contribution in [3.05, 3.63) is 29.8 Å². The van der Waals surface area contributed by atoms with E-state index >= 15 is 0 Å². The Hall–Kier alpha value is -2.34. The molecule has 3 rings (SSSR count). The summed E-state index contributed by atoms with van der Waals surface area (Å²) >= 11 is 0. The third kappa shape index (κ3) is 7.39. The smallest absolute Gasteiger partial charge is 0.407 e. The van der Waals surface area contributed by atoms with Gasteiger partial charge in [-0.15, -0.1) is 0 Å². The van der Waals surface area contributed by atoms with E-state index < -0.39 is 5.60 Å². The third-order valence-electron chi connectivity index (χ3n) is 5.46. The number of amides is 1. The summed E-state index contributed by atoms with van der Waals surface area (Å²) in [6.45, 7) is 11.2. The number of alkyl carbamates (subject to hydrolysis) is 1. The molecule has 2 aliphatic rings. The number of carbonyl (C=O) groups excluding carboxylic acids is 1. The van der Waals surface area contributed by atoms with Gasteiger partial charge < -0.3 is 25.4 Å². The average molecular weight is 430 g/mol. The highest BCUT2D eigenvalue weighted by atomic mass is 16.6. The van der Waals surface area contributed by atoms with E-state index in [9.17, 15) is 4.79 Å². The van der Waals surface area contributed by atoms with Gasteiger partial charge in [0.05, 0.1) is 23.3 Å². The van der Waals surface area contributed by atoms with Gasteiger partial charge in [0.1, 0.15) is 5.60 Å². The molecule has 1 aromatic carbocycles. The Labute approximate surface area is 185 Å². The van der Waals surface area contributed by atoms with Crippen molar-refractivity contribution < 1.29 is 14.3 Å². The Kier molecular flexibility index (Phi) is 7.76. The number of anilines is 1. The number of nitriles is 1. The van der Waals surface area contributed by atoms with Gasteiger partial charge in [0.25, 0.3) is 0 Å². The lowest BCUT2D eigenvalue weighted by molar-refractivity contribution is -0.174. The van der Waals surface area contributed by atoms with Gasteiger partial charge in [0.15, 0.2) is 0 Å². The SMILES string of the molecule is CC(C)(C)OC(=O)NCCN1CC2CNCC(CCCNc3ccc(C#N)cc3)(C1)O2. The van der Waals surface area contributed by atoms with Gasteiger partial charge in [0.2, 0.25) is 0 Å². The van der Waals surface area contributed by atoms with E-state index in [4.69, 9.17) is 14.7 Å². The molecule has 8 nitrogen and oxygen atoms in total. The largest absolute Gasteiger partial charge is 0.444 e. The van der Waals surface area contributed by atoms with E-state index in [1.54, 1.807) is 0 Å². The van der Waals surface area contributed by atoms with Crippen LogP contribution in [0.1, 0.15) is 39.2 Å². The van der Waals surface area contributed by atoms with E-state index in [0.717, 1.165) is 57.8 Å². The van der Waals surface area contributed by atoms with Gasteiger partial charge >= 0.3 is 6.09 Å². The lowest BCUT2D eigenvalue weighted by atomic mass is 9.91. The molecule has 0 saturated carbocycles. The van der Waals surface area contributed by atoms with Gasteiger partial charge in [-0.25, -0.2) is 4.79 Å². The van der Waals surface area contributed by atoms with Gasteiger partial charge in [-0.3, -0.25) is 4.90 Å². The number of fused-ring (bicyclic) bond motifs is 2. The van der Waals surface area contributed by atoms with Gasteiger partial charge in [0, 0.05) is 51.5 Å². The van der Waals surface area contributed by atoms with Crippen LogP contribution in [-0.4, -0.2) is 74.1 Å². The maximum Gasteiger partial charge on any atom is 0.407 e. The summed E-state index contributed by atoms with van der Waals surface area (Å²) in [7, 11) is 0. The molecule has 0 radical (unpaired) electrons. The van der Waals surface area contributed by atoms with Crippen LogP contribution in [0.2, 0.25) is 0 Å². The lowest BCUT2D eigenvalue weighted by Crippen LogP contribution is -2.66. The monoisotopic (exact) mass is 429 g/mol. The fourth-order valence-electron chi connectivity index (χ4n) is 4.19. The number of morpholine rings is 2. The summed E-state index contributed by atoms with van der Waals surface area (Å²) in [5, 5.41) is 18.7. The Morgan fingerprint density at radius 2 is 2.13 bits per heavy atom. The van der Waals surface area contributed by atoms with Crippen LogP contribution in [-0.2, 0) is 9.47 Å². The number of rotatable bonds is 8. The molecule has 2 aliphatic heterocycles. The highest BCUT2D eigenvalue weighted by Gasteiger charge is 2.42. The first-order valence-electron chi connectivity index (χ1n) is 11.1. The predicted molar refractivity (Wildman–Crippen MR) is 120 cm³/mol. The minimum atomic E-state index is -0.485. The van der Waals surface area contributed by atoms with Crippen LogP contribution in [0.5, 0.6) is 0 Å². The fraction of sp³-hybridized carbons (Fsp3) is 0.652. The van der Waals surface area contributed by atoms with Crippen LogP contribution in [0.3, 0.4) is 0 Å². The van der Waals surface area contributed by atoms with Crippen molar-refractivity contribution in [3.63, 3.8) is 0 Å². The highest BCUT2D eigenvalue weighted by Crippen LogP contribution is 2.29. The quantitative estimate of drug-likeness (QED) is 0.546. The van der Waals surface area contributed by atoms with Crippen molar-refractivity contribution in [2.24, 2.45) is 0 Å². The molecule has 2 unspecified atom stereocenters. The van der Waals surface area contributed by atoms with Crippen LogP contribution >= 0.6 is 0 Å². The average Bonchev–Trinajstić information content (AvgIpc) is 2.70. The summed E-state index contributed by atoms with van der Waals surface area (Å²) in [6, 6.07) is 9.66. The van der Waals surface area contributed by atoms with Gasteiger partial charge in [-0.1, -0.05) is 0 Å². The number of ether oxygens (including phenoxy) is 2. The molecule has 0 spiro atoms. The maximum atomic E-state index is 11.9. The molecule has 1 aromatic rings. The maximum absolute atomic E-state index is 11.9. The normalized spacial score (nSPS) is 23.6. The molecule has 3 N–H and O–H groups in total. The highest BCUT2D eigenvalue weighted by molar-refractivity contribution is 5.67. The zero-order valence-electron chi connectivity index (χ0n) is 18.9. The van der Waals surface area contributed by atoms with E-state index in [1.807, 2.05) is 45.0 Å². The molecule has 2 bridgehead atoms. The molecular formula is C23H35N5O3. The van der Waals surface area contributed by atoms with Crippen molar-refractivity contribution in [1.82, 2.24) is 15.5 Å². The second-order valence-corrected chi connectivity index (χ2v) is 9.44. The Balaban J connectivity index is 1.43. The van der Waals surface area contributed by atoms with Crippen molar-refractivity contribution in [2.75, 3.05) is 51.1 Å². The van der Waals surface area contributed by atoms with Crippen LogP contribution in [0.15, 0.2) is 24.3 Å². The Morgan fingerprint density at radius 3 is 2.84 bits per heavy atom. The predicted octanol–water partition coefficient (Wildman–Crippen LogP) is 2.32. The summed E-state index contributed by atoms with van der Waals surface area (Å²) in [5.41, 5.74) is 1.01. The Morgan fingerprint density at radius 1 is 1.35 bits per heavy atom. The number of hydrogen-bond donors (Lipinski definition) is 3. The third-order valence-corrected chi connectivity index (χ3v) is 5.46. The summed E-state index contributed by atoms with van der Waals surface area (Å²) in [5.74, 6) is 0. The molecule has 2 atom stereocenters. The van der Waals surface area contributed by atoms with Crippen molar-refractivity contribution in [1.29, 1.82) is 5.26 Å². The molecule has 2 fully saturated rings. The molecule has 2 saturated heterocycles. The van der Waals surface area contributed by atoms with Crippen molar-refractivity contribution >= 4 is 11.8 Å². The molecule has 31 heavy (non-hydrogen) atoms. The number of nitrogens with one attached hydrogen (secondary N) is 3. The standard InChI is InChI=1S/C23H35N5O3/c1-22(2,3)31-21(29)27-11-12-28-15-20-14-25-16-23(17-28,30-20)9-4-10-26-19-7-5-18(13-24)6-8-19/h5-8,20,25-26H,4,9-12,14-17H2,1-3H3,(H,27,29). The lowest BCUT2D eigenvalue weighted by Gasteiger charge is -2.50. The second-order valence-electron chi connectivity index (χ2n) is 9.44. The van der Waals surface area contributed by atoms with Crippen LogP contribution in [0.25, 0.3) is 0 Å². The number of carbonyl (C=O) groups is 1. The molecule has 0 aromatic heterocycles. The minimum Gasteiger partial charge on any atom is -0.444 e. The molecule has 1 amide bonds. The zero-order chi connectivity index (χ0) is 22.3. The van der Waals surface area contributed by atoms with E-state index in [2.05, 4.69) is 26.9 Å². The number of nitrogens with zero attached hydrogens (tertiary/aromatic N) is 2. The first-order chi connectivity index (χ1) is 14.8. The minimum absolute atomic E-state index is 0.176. The number of benzene rings is 1. The topological polar surface area (TPSA) is 98.6 Å². The van der Waals surface area contributed by atoms with Crippen LogP contribution < -0.4 is 16.0 Å². The first-order valence-corrected chi connectivity index (χ1v) is 11.1. The molecular weight excluding hydrogens is 394 g/mol. The molecule has 0 aliphatic carbocycles. The molecule has 2 heterocycles. The van der Waals surface area contributed by atoms with Crippen LogP contribution in [0.4, 0.5) is 10.5 Å². The summed E-state index contributed by atoms with van der Waals surface area (Å²) < 4.78 is 11.7. The van der Waals surface area contributed by atoms with Crippen molar-refractivity contribution in [3.8, 4) is 6.07 Å². The number of hydrogen-bond acceptors (Lipinski definition) is 7.